The second kappa shape index (κ2) is 7.75. The molecule has 0 saturated heterocycles. The van der Waals surface area contributed by atoms with Gasteiger partial charge in [0.1, 0.15) is 5.69 Å². The first-order valence-corrected chi connectivity index (χ1v) is 11.0. The number of carbonyl (C=O) groups is 1. The molecule has 0 saturated carbocycles. The van der Waals surface area contributed by atoms with Crippen LogP contribution in [0.5, 0.6) is 0 Å². The van der Waals surface area contributed by atoms with Crippen LogP contribution in [0.15, 0.2) is 64.1 Å². The van der Waals surface area contributed by atoms with E-state index >= 15 is 0 Å². The summed E-state index contributed by atoms with van der Waals surface area (Å²) in [5, 5.41) is 7.70. The number of carbonyl (C=O) groups excluding carboxylic acids is 1. The van der Waals surface area contributed by atoms with Gasteiger partial charge < -0.3 is 9.73 Å². The molecule has 30 heavy (non-hydrogen) atoms. The second-order valence-corrected chi connectivity index (χ2v) is 8.94. The van der Waals surface area contributed by atoms with Crippen molar-refractivity contribution < 1.29 is 17.6 Å². The van der Waals surface area contributed by atoms with Crippen molar-refractivity contribution in [2.24, 2.45) is 7.05 Å². The highest BCUT2D eigenvalue weighted by molar-refractivity contribution is 7.91. The molecule has 3 aromatic heterocycles. The van der Waals surface area contributed by atoms with Gasteiger partial charge in [0.25, 0.3) is 5.91 Å². The van der Waals surface area contributed by atoms with E-state index in [-0.39, 0.29) is 17.2 Å². The van der Waals surface area contributed by atoms with E-state index in [1.54, 1.807) is 55.1 Å². The van der Waals surface area contributed by atoms with E-state index in [0.29, 0.717) is 33.7 Å². The maximum Gasteiger partial charge on any atom is 0.252 e. The number of hydrogen-bond acceptors (Lipinski definition) is 6. The predicted molar refractivity (Wildman–Crippen MR) is 112 cm³/mol. The van der Waals surface area contributed by atoms with Crippen molar-refractivity contribution in [2.45, 2.75) is 11.8 Å². The van der Waals surface area contributed by atoms with Gasteiger partial charge in [-0.1, -0.05) is 18.2 Å². The Kier molecular flexibility index (Phi) is 5.13. The van der Waals surface area contributed by atoms with Gasteiger partial charge in [-0.2, -0.15) is 5.10 Å². The molecule has 9 heteroatoms. The number of benzene rings is 1. The van der Waals surface area contributed by atoms with Crippen LogP contribution in [0.4, 0.5) is 0 Å². The van der Waals surface area contributed by atoms with Gasteiger partial charge >= 0.3 is 0 Å². The third-order valence-corrected chi connectivity index (χ3v) is 6.48. The molecule has 0 atom stereocenters. The summed E-state index contributed by atoms with van der Waals surface area (Å²) in [7, 11) is -1.73. The molecule has 0 unspecified atom stereocenters. The summed E-state index contributed by atoms with van der Waals surface area (Å²) in [5.41, 5.74) is 2.07. The highest BCUT2D eigenvalue weighted by atomic mass is 32.2. The Balaban J connectivity index is 1.61. The molecule has 4 aromatic rings. The van der Waals surface area contributed by atoms with Gasteiger partial charge in [-0.3, -0.25) is 9.48 Å². The number of aryl methyl sites for hydroxylation is 2. The molecule has 0 spiro atoms. The molecule has 0 aliphatic rings. The Bertz CT molecular complexity index is 1310. The number of pyridine rings is 1. The quantitative estimate of drug-likeness (QED) is 0.510. The molecule has 0 aliphatic heterocycles. The molecule has 0 bridgehead atoms. The Morgan fingerprint density at radius 1 is 1.17 bits per heavy atom. The lowest BCUT2D eigenvalue weighted by molar-refractivity contribution is 0.0957. The Labute approximate surface area is 173 Å². The van der Waals surface area contributed by atoms with E-state index in [4.69, 9.17) is 4.42 Å². The number of hydrogen-bond donors (Lipinski definition) is 1. The summed E-state index contributed by atoms with van der Waals surface area (Å²) in [5.74, 6) is -0.0698. The highest BCUT2D eigenvalue weighted by Gasteiger charge is 2.21. The molecule has 0 aliphatic carbocycles. The number of amides is 1. The van der Waals surface area contributed by atoms with E-state index in [0.717, 1.165) is 0 Å². The van der Waals surface area contributed by atoms with Gasteiger partial charge in [-0.15, -0.1) is 0 Å². The van der Waals surface area contributed by atoms with Crippen molar-refractivity contribution in [1.82, 2.24) is 20.1 Å². The monoisotopic (exact) mass is 424 g/mol. The van der Waals surface area contributed by atoms with Crippen LogP contribution in [-0.4, -0.2) is 41.4 Å². The lowest BCUT2D eigenvalue weighted by Gasteiger charge is -2.09. The van der Waals surface area contributed by atoms with Crippen LogP contribution in [0.3, 0.4) is 0 Å². The number of furan rings is 1. The third kappa shape index (κ3) is 3.71. The molecule has 0 radical (unpaired) electrons. The predicted octanol–water partition coefficient (Wildman–Crippen LogP) is 2.74. The van der Waals surface area contributed by atoms with Gasteiger partial charge in [0.15, 0.2) is 21.2 Å². The van der Waals surface area contributed by atoms with Gasteiger partial charge in [0.2, 0.25) is 0 Å². The van der Waals surface area contributed by atoms with Crippen molar-refractivity contribution in [2.75, 3.05) is 12.3 Å². The summed E-state index contributed by atoms with van der Waals surface area (Å²) in [6.45, 7) is 1.78. The zero-order chi connectivity index (χ0) is 21.3. The molecule has 0 fully saturated rings. The average Bonchev–Trinajstić information content (AvgIpc) is 3.36. The fourth-order valence-electron chi connectivity index (χ4n) is 3.31. The van der Waals surface area contributed by atoms with E-state index in [1.807, 2.05) is 0 Å². The van der Waals surface area contributed by atoms with E-state index in [1.165, 1.54) is 18.4 Å². The van der Waals surface area contributed by atoms with Crippen LogP contribution >= 0.6 is 0 Å². The van der Waals surface area contributed by atoms with E-state index in [2.05, 4.69) is 15.4 Å². The van der Waals surface area contributed by atoms with E-state index < -0.39 is 15.7 Å². The highest BCUT2D eigenvalue weighted by Crippen LogP contribution is 2.27. The van der Waals surface area contributed by atoms with E-state index in [9.17, 15) is 13.2 Å². The number of sulfone groups is 1. The first-order valence-electron chi connectivity index (χ1n) is 9.31. The first-order chi connectivity index (χ1) is 14.4. The van der Waals surface area contributed by atoms with Crippen LogP contribution in [0.2, 0.25) is 0 Å². The Hall–Kier alpha value is -3.46. The van der Waals surface area contributed by atoms with Crippen molar-refractivity contribution in [3.63, 3.8) is 0 Å². The Morgan fingerprint density at radius 3 is 2.63 bits per heavy atom. The summed E-state index contributed by atoms with van der Waals surface area (Å²) >= 11 is 0. The number of nitrogens with zero attached hydrogens (tertiary/aromatic N) is 3. The zero-order valence-electron chi connectivity index (χ0n) is 16.5. The van der Waals surface area contributed by atoms with Crippen molar-refractivity contribution in [3.8, 4) is 11.5 Å². The molecule has 1 N–H and O–H groups in total. The number of fused-ring (bicyclic) bond motifs is 1. The maximum atomic E-state index is 13.0. The first kappa shape index (κ1) is 19.8. The van der Waals surface area contributed by atoms with Gasteiger partial charge in [0.05, 0.1) is 33.6 Å². The minimum atomic E-state index is -3.49. The molecule has 3 heterocycles. The minimum Gasteiger partial charge on any atom is -0.463 e. The molecule has 154 valence electrons. The summed E-state index contributed by atoms with van der Waals surface area (Å²) < 4.78 is 31.9. The molecule has 8 nitrogen and oxygen atoms in total. The Morgan fingerprint density at radius 2 is 1.93 bits per heavy atom. The SMILES string of the molecule is Cc1nn(C)c2nc(-c3ccco3)cc(C(=O)NCCS(=O)(=O)c3ccccc3)c12. The lowest BCUT2D eigenvalue weighted by atomic mass is 10.1. The molecule has 1 amide bonds. The molecular formula is C21H20N4O4S. The van der Waals surface area contributed by atoms with Crippen LogP contribution in [-0.2, 0) is 16.9 Å². The van der Waals surface area contributed by atoms with Crippen molar-refractivity contribution in [1.29, 1.82) is 0 Å². The van der Waals surface area contributed by atoms with Gasteiger partial charge in [-0.25, -0.2) is 13.4 Å². The molecule has 4 rings (SSSR count). The van der Waals surface area contributed by atoms with Crippen LogP contribution < -0.4 is 5.32 Å². The standard InChI is InChI=1S/C21H20N4O4S/c1-14-19-16(13-17(18-9-6-11-29-18)23-20(19)25(2)24-14)21(26)22-10-12-30(27,28)15-7-4-3-5-8-15/h3-9,11,13H,10,12H2,1-2H3,(H,22,26). The summed E-state index contributed by atoms with van der Waals surface area (Å²) in [6, 6.07) is 13.3. The third-order valence-electron chi connectivity index (χ3n) is 4.75. The smallest absolute Gasteiger partial charge is 0.252 e. The largest absolute Gasteiger partial charge is 0.463 e. The van der Waals surface area contributed by atoms with Gasteiger partial charge in [-0.05, 0) is 37.3 Å². The lowest BCUT2D eigenvalue weighted by Crippen LogP contribution is -2.29. The molecular weight excluding hydrogens is 404 g/mol. The maximum absolute atomic E-state index is 13.0. The number of nitrogens with one attached hydrogen (secondary N) is 1. The normalized spacial score (nSPS) is 11.7. The number of rotatable bonds is 6. The van der Waals surface area contributed by atoms with Crippen molar-refractivity contribution in [3.05, 3.63) is 66.1 Å². The number of aromatic nitrogens is 3. The summed E-state index contributed by atoms with van der Waals surface area (Å²) in [4.78, 5) is 17.8. The van der Waals surface area contributed by atoms with Crippen LogP contribution in [0.25, 0.3) is 22.5 Å². The second-order valence-electron chi connectivity index (χ2n) is 6.83. The molecule has 1 aromatic carbocycles. The van der Waals surface area contributed by atoms with Crippen LogP contribution in [0.1, 0.15) is 16.1 Å². The average molecular weight is 424 g/mol. The fraction of sp³-hybridized carbons (Fsp3) is 0.190. The minimum absolute atomic E-state index is 0.0186. The van der Waals surface area contributed by atoms with Gasteiger partial charge in [0, 0.05) is 13.6 Å². The topological polar surface area (TPSA) is 107 Å². The van der Waals surface area contributed by atoms with Crippen molar-refractivity contribution >= 4 is 26.8 Å². The zero-order valence-corrected chi connectivity index (χ0v) is 17.3. The fourth-order valence-corrected chi connectivity index (χ4v) is 4.49. The van der Waals surface area contributed by atoms with Crippen LogP contribution in [0, 0.1) is 6.92 Å². The summed E-state index contributed by atoms with van der Waals surface area (Å²) in [6.07, 6.45) is 1.53.